The molecule has 15 atom stereocenters. The minimum Gasteiger partial charge on any atom is -0.508 e. The zero-order valence-corrected chi connectivity index (χ0v) is 83.5. The Hall–Kier alpha value is -9.27. The molecule has 40 nitrogen and oxygen atoms in total. The van der Waals surface area contributed by atoms with Gasteiger partial charge in [-0.3, -0.25) is 86.7 Å². The number of nitrogens with one attached hydrogen (secondary N) is 10. The summed E-state index contributed by atoms with van der Waals surface area (Å²) in [5.74, 6) is -21.4. The third-order valence-electron chi connectivity index (χ3n) is 23.3. The summed E-state index contributed by atoms with van der Waals surface area (Å²) in [6.07, 6.45) is 14.2. The van der Waals surface area contributed by atoms with Crippen LogP contribution in [-0.4, -0.2) is 256 Å². The lowest BCUT2D eigenvalue weighted by molar-refractivity contribution is -0.142. The number of phenols is 1. The Morgan fingerprint density at radius 3 is 1.49 bits per heavy atom. The topological polar surface area (TPSA) is 707 Å². The maximum atomic E-state index is 15.4. The number of hydrogen-bond acceptors (Lipinski definition) is 27. The molecule has 1 fully saturated rings. The number of ketones is 4. The van der Waals surface area contributed by atoms with Crippen molar-refractivity contribution >= 4 is 139 Å². The van der Waals surface area contributed by atoms with Crippen molar-refractivity contribution in [3.8, 4) is 5.75 Å². The number of unbranched alkanes of at least 4 members (excludes halogenated alkanes) is 15. The fourth-order valence-electron chi connectivity index (χ4n) is 15.6. The van der Waals surface area contributed by atoms with E-state index in [-0.39, 0.29) is 151 Å². The number of carbonyl (C=O) groups excluding carboxylic acids is 15. The van der Waals surface area contributed by atoms with Gasteiger partial charge in [-0.15, -0.1) is 0 Å². The Morgan fingerprint density at radius 1 is 0.493 bits per heavy atom. The highest BCUT2D eigenvalue weighted by molar-refractivity contribution is 8.76. The molecule has 30 N–H and O–H groups in total. The van der Waals surface area contributed by atoms with Crippen LogP contribution in [0.4, 0.5) is 0 Å². The molecule has 0 bridgehead atoms. The van der Waals surface area contributed by atoms with Gasteiger partial charge in [0.2, 0.25) is 65.0 Å². The third kappa shape index (κ3) is 53.0. The molecule has 0 aliphatic carbocycles. The largest absolute Gasteiger partial charge is 0.508 e. The average Bonchev–Trinajstić information content (AvgIpc) is 0.857. The van der Waals surface area contributed by atoms with Crippen molar-refractivity contribution in [1.29, 1.82) is 0 Å². The molecular weight excluding hydrogens is 1810 g/mol. The molecule has 1 aliphatic heterocycles. The number of guanidine groups is 2. The van der Waals surface area contributed by atoms with E-state index >= 15 is 24.0 Å². The van der Waals surface area contributed by atoms with Crippen molar-refractivity contribution in [1.82, 2.24) is 53.2 Å². The molecular formula is C93H162N20O20S3. The third-order valence-corrected chi connectivity index (χ3v) is 26.4. The number of hydrogen-bond donors (Lipinski definition) is 22. The number of nitrogens with zero attached hydrogens (tertiary/aromatic N) is 2. The molecule has 772 valence electrons. The Labute approximate surface area is 814 Å². The molecule has 11 amide bonds. The first-order valence-corrected chi connectivity index (χ1v) is 52.3. The van der Waals surface area contributed by atoms with Gasteiger partial charge in [-0.25, -0.2) is 0 Å². The van der Waals surface area contributed by atoms with Crippen LogP contribution in [0, 0.1) is 35.5 Å². The second-order valence-electron chi connectivity index (χ2n) is 36.2. The van der Waals surface area contributed by atoms with Gasteiger partial charge in [0.05, 0.1) is 37.1 Å². The van der Waals surface area contributed by atoms with E-state index in [0.717, 1.165) is 54.2 Å². The molecule has 0 spiro atoms. The fraction of sp³-hybridized carbons (Fsp3) is 0.742. The van der Waals surface area contributed by atoms with Crippen LogP contribution in [0.3, 0.4) is 0 Å². The predicted octanol–water partition coefficient (Wildman–Crippen LogP) is 2.63. The molecule has 1 aromatic rings. The highest BCUT2D eigenvalue weighted by atomic mass is 33.1. The monoisotopic (exact) mass is 1980 g/mol. The van der Waals surface area contributed by atoms with Gasteiger partial charge in [-0.05, 0) is 171 Å². The number of carboxylic acid groups (broad SMARTS) is 1. The molecule has 1 saturated heterocycles. The lowest BCUT2D eigenvalue weighted by atomic mass is 9.87. The van der Waals surface area contributed by atoms with Crippen LogP contribution in [0.15, 0.2) is 34.3 Å². The molecule has 2 rings (SSSR count). The minimum atomic E-state index is -2.11. The van der Waals surface area contributed by atoms with Crippen molar-refractivity contribution < 1.29 is 97.1 Å². The molecule has 0 saturated carbocycles. The normalized spacial score (nSPS) is 18.5. The number of Topliss-reactive ketones (excluding diaryl/α,β-unsaturated/α-hetero) is 4. The van der Waals surface area contributed by atoms with Crippen LogP contribution < -0.4 is 99.0 Å². The molecule has 0 radical (unpaired) electrons. The Kier molecular flexibility index (Phi) is 64.3. The first-order chi connectivity index (χ1) is 64.7. The van der Waals surface area contributed by atoms with Crippen LogP contribution in [0.5, 0.6) is 5.75 Å². The standard InChI is InChI=1S/C93H162N20O20S3/c1-8-9-10-11-12-13-14-15-16-17-18-19-20-30-66(117)49-61(29-21-24-40-94)82(124)104-67(31-22-25-41-95)76(118)51-63(46-57(2)3)84(126)105-68(33-27-43-102-92(98)99)77(119)52-64-55-135-136-56-75(112-89(131)73(53-79(121)122)110-91(133)80(59(6)115)113-83(125)62(39-45-134-7)50-78(120)74(54-114)111-85(64)127)90(132)107-69(32-23-26-42-96)87(129)109-72(48-60-35-37-65(116)38-36-60)88(130)106-70(34-28-44-103-93(100)101)86(128)108-71(81(97)123)47-58(4)5/h35-38,57-59,61-64,67-75,80,114-116H,8-34,39-56,94-96H2,1-7H3,(H2,97,123)(H,104,124)(H,105,126)(H,106,130)(H,107,132)(H,108,128)(H,109,129)(H,110,133)(H,111,127)(H,112,131)(H,113,125)(H,121,122)(H4,98,99,102)(H4,100,101,103)/t59?,61-,62-,63-,64+,67+,68+,69+,70+,71+,72+,73+,74+,75+,80?/m1/s1. The minimum absolute atomic E-state index is 0.0107. The van der Waals surface area contributed by atoms with E-state index < -0.39 is 222 Å². The quantitative estimate of drug-likeness (QED) is 0.0193. The summed E-state index contributed by atoms with van der Waals surface area (Å²) in [4.78, 5) is 240. The van der Waals surface area contributed by atoms with Gasteiger partial charge in [0.15, 0.2) is 29.3 Å². The number of aliphatic hydroxyl groups is 2. The number of thioether (sulfide) groups is 1. The number of rotatable bonds is 68. The molecule has 1 aliphatic rings. The van der Waals surface area contributed by atoms with Crippen LogP contribution in [0.2, 0.25) is 0 Å². The maximum absolute atomic E-state index is 15.4. The molecule has 2 unspecified atom stereocenters. The number of aliphatic carboxylic acids is 1. The van der Waals surface area contributed by atoms with Crippen LogP contribution in [0.1, 0.15) is 272 Å². The van der Waals surface area contributed by atoms with Crippen molar-refractivity contribution in [3.05, 3.63) is 29.8 Å². The van der Waals surface area contributed by atoms with E-state index in [9.17, 15) is 73.2 Å². The number of amides is 11. The number of aliphatic imine (C=N–C) groups is 2. The predicted molar refractivity (Wildman–Crippen MR) is 529 cm³/mol. The van der Waals surface area contributed by atoms with Gasteiger partial charge in [0.25, 0.3) is 0 Å². The zero-order chi connectivity index (χ0) is 102. The van der Waals surface area contributed by atoms with Crippen LogP contribution in [-0.2, 0) is 83.1 Å². The molecule has 136 heavy (non-hydrogen) atoms. The SMILES string of the molecule is CCCCCCCCCCCCCCCC(=O)C[C@@H](CCCCN)C(=O)N[C@@H](CCCCN)C(=O)C[C@@H](CC(C)C)C(=O)N[C@@H](CCCN=C(N)N)C(=O)C[C@H]1CSSC[C@@H](C(=O)N[C@@H](CCCCN)C(=O)N[C@@H](Cc2ccc(O)cc2)C(=O)N[C@@H](CCCN=C(N)N)C(=O)N[C@@H](CC(C)C)C(N)=O)NC(=O)[C@H](CC(=O)O)NC(=O)C(C(C)O)NC(=O)[C@H](CCSC)CC(=O)[C@H](CO)NC1=O. The van der Waals surface area contributed by atoms with E-state index in [4.69, 9.17) is 45.9 Å². The second-order valence-corrected chi connectivity index (χ2v) is 39.8. The van der Waals surface area contributed by atoms with Crippen molar-refractivity contribution in [2.45, 2.75) is 339 Å². The zero-order valence-electron chi connectivity index (χ0n) is 81.0. The lowest BCUT2D eigenvalue weighted by Crippen LogP contribution is -2.61. The van der Waals surface area contributed by atoms with Crippen LogP contribution >= 0.6 is 33.3 Å². The number of nitrogens with two attached hydrogens (primary N) is 8. The van der Waals surface area contributed by atoms with Gasteiger partial charge < -0.3 is 119 Å². The van der Waals surface area contributed by atoms with E-state index in [0.29, 0.717) is 57.1 Å². The van der Waals surface area contributed by atoms with Crippen molar-refractivity contribution in [2.75, 3.05) is 62.8 Å². The first kappa shape index (κ1) is 123. The Bertz CT molecular complexity index is 3900. The number of phenolic OH excluding ortho intramolecular Hbond substituents is 1. The number of aromatic hydroxyl groups is 1. The van der Waals surface area contributed by atoms with Gasteiger partial charge in [0, 0.05) is 80.9 Å². The van der Waals surface area contributed by atoms with E-state index in [2.05, 4.69) is 70.1 Å². The van der Waals surface area contributed by atoms with Gasteiger partial charge in [0.1, 0.15) is 59.9 Å². The Morgan fingerprint density at radius 2 is 0.963 bits per heavy atom. The summed E-state index contributed by atoms with van der Waals surface area (Å²) in [6.45, 7) is 10.1. The molecule has 43 heteroatoms. The highest BCUT2D eigenvalue weighted by Crippen LogP contribution is 2.30. The molecule has 0 aromatic heterocycles. The number of benzene rings is 1. The Balaban J connectivity index is 2.92. The lowest BCUT2D eigenvalue weighted by Gasteiger charge is -2.29. The van der Waals surface area contributed by atoms with Crippen LogP contribution in [0.25, 0.3) is 0 Å². The fourth-order valence-corrected chi connectivity index (χ4v) is 18.6. The van der Waals surface area contributed by atoms with E-state index in [1.54, 1.807) is 20.1 Å². The first-order valence-electron chi connectivity index (χ1n) is 48.4. The van der Waals surface area contributed by atoms with E-state index in [1.165, 1.54) is 87.4 Å². The van der Waals surface area contributed by atoms with Gasteiger partial charge >= 0.3 is 5.97 Å². The average molecular weight is 1980 g/mol. The summed E-state index contributed by atoms with van der Waals surface area (Å²) in [6, 6.07) is -10.7. The molecule has 1 heterocycles. The van der Waals surface area contributed by atoms with Gasteiger partial charge in [-0.2, -0.15) is 11.8 Å². The number of aliphatic hydroxyl groups excluding tert-OH is 2. The summed E-state index contributed by atoms with van der Waals surface area (Å²) in [5.41, 5.74) is 46.4. The number of primary amides is 1. The smallest absolute Gasteiger partial charge is 0.305 e. The highest BCUT2D eigenvalue weighted by Gasteiger charge is 2.41. The summed E-state index contributed by atoms with van der Waals surface area (Å²) >= 11 is 1.26. The summed E-state index contributed by atoms with van der Waals surface area (Å²) in [7, 11) is 1.60. The number of carboxylic acids is 1. The summed E-state index contributed by atoms with van der Waals surface area (Å²) < 4.78 is 0. The summed E-state index contributed by atoms with van der Waals surface area (Å²) in [5, 5.41) is 68.6. The van der Waals surface area contributed by atoms with E-state index in [1.807, 2.05) is 13.8 Å². The molecule has 1 aromatic carbocycles. The van der Waals surface area contributed by atoms with Crippen molar-refractivity contribution in [3.63, 3.8) is 0 Å². The maximum Gasteiger partial charge on any atom is 0.305 e. The second kappa shape index (κ2) is 71.2. The van der Waals surface area contributed by atoms with Gasteiger partial charge in [-0.1, -0.05) is 152 Å². The number of carbonyl (C=O) groups is 16. The van der Waals surface area contributed by atoms with Crippen molar-refractivity contribution in [2.24, 2.45) is 91.4 Å².